The minimum Gasteiger partial charge on any atom is -0.443 e. The number of rotatable bonds is 4. The molecule has 2 aromatic rings. The van der Waals surface area contributed by atoms with Gasteiger partial charge in [0.25, 0.3) is 8.05 Å². The predicted molar refractivity (Wildman–Crippen MR) is 69.2 cm³/mol. The van der Waals surface area contributed by atoms with Gasteiger partial charge in [0.15, 0.2) is 0 Å². The summed E-state index contributed by atoms with van der Waals surface area (Å²) in [7, 11) is 1.75. The summed E-state index contributed by atoms with van der Waals surface area (Å²) in [5.41, 5.74) is 2.60. The Bertz CT molecular complexity index is 374. The summed E-state index contributed by atoms with van der Waals surface area (Å²) in [5, 5.41) is 0. The average Bonchev–Trinajstić information content (AvgIpc) is 2.38. The Kier molecular flexibility index (Phi) is 3.78. The summed E-state index contributed by atoms with van der Waals surface area (Å²) in [5.74, 6) is 0.326. The molecule has 0 unspecified atom stereocenters. The molecule has 0 aromatic heterocycles. The first kappa shape index (κ1) is 11.0. The quantitative estimate of drug-likeness (QED) is 0.704. The predicted octanol–water partition coefficient (Wildman–Crippen LogP) is 2.38. The van der Waals surface area contributed by atoms with Gasteiger partial charge in [0, 0.05) is 12.5 Å². The molecule has 0 aliphatic carbocycles. The smallest absolute Gasteiger partial charge is 0.257 e. The van der Waals surface area contributed by atoms with Gasteiger partial charge in [0.05, 0.1) is 0 Å². The van der Waals surface area contributed by atoms with E-state index in [1.54, 1.807) is 8.05 Å². The number of hydrogen-bond donors (Lipinski definition) is 0. The Morgan fingerprint density at radius 1 is 0.812 bits per heavy atom. The van der Waals surface area contributed by atoms with Crippen molar-refractivity contribution in [3.8, 4) is 0 Å². The Balaban J connectivity index is 2.31. The summed E-state index contributed by atoms with van der Waals surface area (Å²) in [6.07, 6.45) is 0. The van der Waals surface area contributed by atoms with Crippen LogP contribution in [0.5, 0.6) is 0 Å². The molecule has 0 heterocycles. The Hall–Kier alpha value is -1.54. The molecule has 16 heavy (non-hydrogen) atoms. The van der Waals surface area contributed by atoms with Crippen molar-refractivity contribution in [2.75, 3.05) is 6.61 Å². The molecule has 0 N–H and O–H groups in total. The second-order valence-electron chi connectivity index (χ2n) is 3.83. The van der Waals surface area contributed by atoms with E-state index in [1.807, 2.05) is 12.1 Å². The van der Waals surface area contributed by atoms with E-state index in [-0.39, 0.29) is 0 Å². The first-order chi connectivity index (χ1) is 7.92. The van der Waals surface area contributed by atoms with E-state index in [0.29, 0.717) is 12.5 Å². The van der Waals surface area contributed by atoms with Crippen molar-refractivity contribution in [3.05, 3.63) is 71.8 Å². The van der Waals surface area contributed by atoms with Gasteiger partial charge in [-0.05, 0) is 11.1 Å². The molecule has 0 atom stereocenters. The number of hydrogen-bond acceptors (Lipinski definition) is 1. The zero-order valence-electron chi connectivity index (χ0n) is 9.47. The third-order valence-electron chi connectivity index (χ3n) is 2.74. The van der Waals surface area contributed by atoms with Crippen molar-refractivity contribution in [3.63, 3.8) is 0 Å². The highest BCUT2D eigenvalue weighted by Gasteiger charge is 2.12. The molecule has 0 saturated heterocycles. The van der Waals surface area contributed by atoms with Crippen molar-refractivity contribution in [1.82, 2.24) is 0 Å². The molecule has 2 aromatic carbocycles. The van der Waals surface area contributed by atoms with Crippen molar-refractivity contribution in [1.29, 1.82) is 0 Å². The second kappa shape index (κ2) is 5.52. The highest BCUT2D eigenvalue weighted by Crippen LogP contribution is 2.24. The fraction of sp³-hybridized carbons (Fsp3) is 0.143. The van der Waals surface area contributed by atoms with Crippen LogP contribution in [0.2, 0.25) is 0 Å². The van der Waals surface area contributed by atoms with Crippen LogP contribution in [-0.4, -0.2) is 14.7 Å². The largest absolute Gasteiger partial charge is 0.443 e. The molecule has 0 spiro atoms. The van der Waals surface area contributed by atoms with Gasteiger partial charge in [-0.1, -0.05) is 60.7 Å². The Morgan fingerprint density at radius 3 is 1.62 bits per heavy atom. The van der Waals surface area contributed by atoms with Gasteiger partial charge < -0.3 is 4.65 Å². The highest BCUT2D eigenvalue weighted by atomic mass is 16.4. The summed E-state index contributed by atoms with van der Waals surface area (Å²) in [6.45, 7) is 0.716. The fourth-order valence-electron chi connectivity index (χ4n) is 1.92. The summed E-state index contributed by atoms with van der Waals surface area (Å²) in [6, 6.07) is 21.0. The maximum atomic E-state index is 5.31. The van der Waals surface area contributed by atoms with Crippen LogP contribution in [0.3, 0.4) is 0 Å². The van der Waals surface area contributed by atoms with E-state index < -0.39 is 0 Å². The minimum atomic E-state index is 0.326. The molecule has 0 aliphatic rings. The van der Waals surface area contributed by atoms with Crippen LogP contribution in [0.4, 0.5) is 0 Å². The molecule has 0 bridgehead atoms. The normalized spacial score (nSPS) is 10.6. The zero-order valence-corrected chi connectivity index (χ0v) is 9.47. The average molecular weight is 210 g/mol. The van der Waals surface area contributed by atoms with Crippen LogP contribution in [0.1, 0.15) is 17.0 Å². The first-order valence-electron chi connectivity index (χ1n) is 5.50. The van der Waals surface area contributed by atoms with E-state index in [9.17, 15) is 0 Å². The van der Waals surface area contributed by atoms with Gasteiger partial charge in [-0.25, -0.2) is 0 Å². The third kappa shape index (κ3) is 2.53. The molecule has 0 fully saturated rings. The molecule has 0 radical (unpaired) electrons. The molecule has 0 amide bonds. The van der Waals surface area contributed by atoms with Crippen LogP contribution in [0, 0.1) is 0 Å². The van der Waals surface area contributed by atoms with Gasteiger partial charge in [0.1, 0.15) is 0 Å². The summed E-state index contributed by atoms with van der Waals surface area (Å²) in [4.78, 5) is 0. The van der Waals surface area contributed by atoms with Crippen LogP contribution in [-0.2, 0) is 4.65 Å². The van der Waals surface area contributed by atoms with Gasteiger partial charge in [-0.15, -0.1) is 0 Å². The first-order valence-corrected chi connectivity index (χ1v) is 5.50. The molecular formula is C14H15BO. The van der Waals surface area contributed by atoms with Gasteiger partial charge in [-0.3, -0.25) is 0 Å². The lowest BCUT2D eigenvalue weighted by molar-refractivity contribution is 0.332. The second-order valence-corrected chi connectivity index (χ2v) is 3.83. The van der Waals surface area contributed by atoms with Gasteiger partial charge in [-0.2, -0.15) is 0 Å². The molecule has 0 saturated carbocycles. The van der Waals surface area contributed by atoms with Crippen molar-refractivity contribution < 1.29 is 4.65 Å². The molecule has 2 rings (SSSR count). The lowest BCUT2D eigenvalue weighted by atomic mass is 9.92. The van der Waals surface area contributed by atoms with E-state index in [2.05, 4.69) is 48.5 Å². The molecule has 2 heteroatoms. The fourth-order valence-corrected chi connectivity index (χ4v) is 1.92. The lowest BCUT2D eigenvalue weighted by Gasteiger charge is -2.17. The Labute approximate surface area is 97.5 Å². The summed E-state index contributed by atoms with van der Waals surface area (Å²) >= 11 is 0. The maximum Gasteiger partial charge on any atom is 0.257 e. The van der Waals surface area contributed by atoms with E-state index in [0.717, 1.165) is 0 Å². The van der Waals surface area contributed by atoms with E-state index in [4.69, 9.17) is 4.65 Å². The molecule has 0 aliphatic heterocycles. The minimum absolute atomic E-state index is 0.326. The number of benzene rings is 2. The molecular weight excluding hydrogens is 195 g/mol. The highest BCUT2D eigenvalue weighted by molar-refractivity contribution is 5.98. The topological polar surface area (TPSA) is 9.23 Å². The SMILES string of the molecule is BOCC(c1ccccc1)c1ccccc1. The van der Waals surface area contributed by atoms with E-state index >= 15 is 0 Å². The van der Waals surface area contributed by atoms with E-state index in [1.165, 1.54) is 11.1 Å². The lowest BCUT2D eigenvalue weighted by Crippen LogP contribution is -2.08. The zero-order chi connectivity index (χ0) is 11.2. The van der Waals surface area contributed by atoms with Crippen molar-refractivity contribution >= 4 is 8.05 Å². The summed E-state index contributed by atoms with van der Waals surface area (Å²) < 4.78 is 5.31. The van der Waals surface area contributed by atoms with Crippen LogP contribution in [0.25, 0.3) is 0 Å². The van der Waals surface area contributed by atoms with Gasteiger partial charge in [0.2, 0.25) is 0 Å². The monoisotopic (exact) mass is 210 g/mol. The molecule has 80 valence electrons. The van der Waals surface area contributed by atoms with Crippen molar-refractivity contribution in [2.45, 2.75) is 5.92 Å². The third-order valence-corrected chi connectivity index (χ3v) is 2.74. The Morgan fingerprint density at radius 2 is 1.25 bits per heavy atom. The van der Waals surface area contributed by atoms with Gasteiger partial charge >= 0.3 is 0 Å². The maximum absolute atomic E-state index is 5.31. The van der Waals surface area contributed by atoms with Crippen LogP contribution in [0.15, 0.2) is 60.7 Å². The van der Waals surface area contributed by atoms with Crippen molar-refractivity contribution in [2.24, 2.45) is 0 Å². The molecule has 1 nitrogen and oxygen atoms in total. The standard InChI is InChI=1S/C14H15BO/c15-16-11-14(12-7-3-1-4-8-12)13-9-5-2-6-10-13/h1-10,14H,11,15H2. The van der Waals surface area contributed by atoms with Crippen LogP contribution >= 0.6 is 0 Å². The van der Waals surface area contributed by atoms with Crippen LogP contribution < -0.4 is 0 Å².